The summed E-state index contributed by atoms with van der Waals surface area (Å²) in [6.07, 6.45) is 11.4. The molecule has 104 valence electrons. The maximum Gasteiger partial charge on any atom is 0.241 e. The Morgan fingerprint density at radius 3 is 2.33 bits per heavy atom. The van der Waals surface area contributed by atoms with Crippen LogP contribution in [0.1, 0.15) is 51.9 Å². The summed E-state index contributed by atoms with van der Waals surface area (Å²) in [6.45, 7) is 2.96. The first kappa shape index (κ1) is 15.2. The van der Waals surface area contributed by atoms with Crippen LogP contribution in [0.15, 0.2) is 17.3 Å². The summed E-state index contributed by atoms with van der Waals surface area (Å²) < 4.78 is 23.7. The highest BCUT2D eigenvalue weighted by atomic mass is 32.2. The van der Waals surface area contributed by atoms with Crippen molar-refractivity contribution in [2.45, 2.75) is 63.3 Å². The van der Waals surface area contributed by atoms with E-state index in [1.54, 1.807) is 4.68 Å². The summed E-state index contributed by atoms with van der Waals surface area (Å²) in [4.78, 5) is 0.0884. The molecule has 6 heteroatoms. The molecule has 2 N–H and O–H groups in total. The molecule has 1 aromatic heterocycles. The maximum atomic E-state index is 11.0. The minimum absolute atomic E-state index is 0.0884. The second kappa shape index (κ2) is 7.53. The standard InChI is InChI=1S/C12H23N3O2S/c1-2-3-4-5-6-7-8-9-15-11-12(10-14-15)18(13,16)17/h10-11H,2-9H2,1H3,(H2,13,16,17). The number of hydrogen-bond donors (Lipinski definition) is 1. The molecule has 5 nitrogen and oxygen atoms in total. The first-order valence-corrected chi connectivity index (χ1v) is 8.14. The van der Waals surface area contributed by atoms with E-state index in [9.17, 15) is 8.42 Å². The predicted molar refractivity (Wildman–Crippen MR) is 71.6 cm³/mol. The first-order valence-electron chi connectivity index (χ1n) is 6.59. The molecular formula is C12H23N3O2S. The van der Waals surface area contributed by atoms with Crippen LogP contribution in [-0.2, 0) is 16.6 Å². The van der Waals surface area contributed by atoms with Crippen LogP contribution in [0.4, 0.5) is 0 Å². The molecule has 1 aromatic rings. The quantitative estimate of drug-likeness (QED) is 0.701. The van der Waals surface area contributed by atoms with Gasteiger partial charge in [-0.2, -0.15) is 5.10 Å². The van der Waals surface area contributed by atoms with Crippen LogP contribution < -0.4 is 5.14 Å². The smallest absolute Gasteiger partial charge is 0.241 e. The highest BCUT2D eigenvalue weighted by molar-refractivity contribution is 7.89. The van der Waals surface area contributed by atoms with Crippen molar-refractivity contribution in [1.29, 1.82) is 0 Å². The Morgan fingerprint density at radius 1 is 1.17 bits per heavy atom. The fourth-order valence-electron chi connectivity index (χ4n) is 1.84. The van der Waals surface area contributed by atoms with E-state index in [1.165, 1.54) is 44.5 Å². The van der Waals surface area contributed by atoms with Crippen LogP contribution in [0.2, 0.25) is 0 Å². The Bertz CT molecular complexity index is 440. The second-order valence-electron chi connectivity index (χ2n) is 4.61. The molecule has 0 bridgehead atoms. The van der Waals surface area contributed by atoms with E-state index in [0.29, 0.717) is 0 Å². The van der Waals surface area contributed by atoms with Gasteiger partial charge in [-0.05, 0) is 6.42 Å². The number of rotatable bonds is 9. The fraction of sp³-hybridized carbons (Fsp3) is 0.750. The van der Waals surface area contributed by atoms with Crippen molar-refractivity contribution in [3.63, 3.8) is 0 Å². The van der Waals surface area contributed by atoms with E-state index < -0.39 is 10.0 Å². The van der Waals surface area contributed by atoms with Gasteiger partial charge in [-0.25, -0.2) is 13.6 Å². The number of hydrogen-bond acceptors (Lipinski definition) is 3. The summed E-state index contributed by atoms with van der Waals surface area (Å²) in [7, 11) is -3.61. The largest absolute Gasteiger partial charge is 0.271 e. The van der Waals surface area contributed by atoms with Gasteiger partial charge >= 0.3 is 0 Å². The zero-order valence-electron chi connectivity index (χ0n) is 11.0. The second-order valence-corrected chi connectivity index (χ2v) is 6.17. The first-order chi connectivity index (χ1) is 8.54. The van der Waals surface area contributed by atoms with Crippen LogP contribution in [0.3, 0.4) is 0 Å². The number of nitrogens with two attached hydrogens (primary N) is 1. The van der Waals surface area contributed by atoms with Crippen LogP contribution in [-0.4, -0.2) is 18.2 Å². The molecule has 0 aromatic carbocycles. The number of aryl methyl sites for hydroxylation is 1. The Morgan fingerprint density at radius 2 is 1.78 bits per heavy atom. The summed E-state index contributed by atoms with van der Waals surface area (Å²) in [5.41, 5.74) is 0. The Labute approximate surface area is 109 Å². The molecule has 0 aliphatic heterocycles. The van der Waals surface area contributed by atoms with Crippen molar-refractivity contribution in [2.24, 2.45) is 5.14 Å². The average Bonchev–Trinajstić information content (AvgIpc) is 2.76. The van der Waals surface area contributed by atoms with Crippen LogP contribution >= 0.6 is 0 Å². The molecule has 0 aliphatic carbocycles. The Kier molecular flexibility index (Phi) is 6.35. The van der Waals surface area contributed by atoms with Crippen molar-refractivity contribution < 1.29 is 8.42 Å². The molecule has 0 spiro atoms. The zero-order chi connectivity index (χ0) is 13.4. The number of aromatic nitrogens is 2. The third-order valence-corrected chi connectivity index (χ3v) is 3.80. The summed E-state index contributed by atoms with van der Waals surface area (Å²) in [5.74, 6) is 0. The highest BCUT2D eigenvalue weighted by Crippen LogP contribution is 2.09. The number of unbranched alkanes of at least 4 members (excludes halogenated alkanes) is 6. The predicted octanol–water partition coefficient (Wildman–Crippen LogP) is 2.28. The van der Waals surface area contributed by atoms with E-state index >= 15 is 0 Å². The molecule has 0 amide bonds. The van der Waals surface area contributed by atoms with Crippen LogP contribution in [0.5, 0.6) is 0 Å². The van der Waals surface area contributed by atoms with Gasteiger partial charge in [-0.1, -0.05) is 45.4 Å². The van der Waals surface area contributed by atoms with Gasteiger partial charge in [0.05, 0.1) is 6.20 Å². The van der Waals surface area contributed by atoms with E-state index in [-0.39, 0.29) is 4.90 Å². The molecule has 0 radical (unpaired) electrons. The average molecular weight is 273 g/mol. The van der Waals surface area contributed by atoms with Crippen LogP contribution in [0.25, 0.3) is 0 Å². The summed E-state index contributed by atoms with van der Waals surface area (Å²) in [6, 6.07) is 0. The van der Waals surface area contributed by atoms with Crippen molar-refractivity contribution in [3.05, 3.63) is 12.4 Å². The normalized spacial score (nSPS) is 11.9. The van der Waals surface area contributed by atoms with Gasteiger partial charge in [0.2, 0.25) is 10.0 Å². The van der Waals surface area contributed by atoms with Gasteiger partial charge in [-0.3, -0.25) is 4.68 Å². The molecule has 0 aliphatic rings. The molecule has 18 heavy (non-hydrogen) atoms. The molecule has 0 saturated carbocycles. The molecule has 0 saturated heterocycles. The number of sulfonamides is 1. The lowest BCUT2D eigenvalue weighted by Crippen LogP contribution is -2.11. The topological polar surface area (TPSA) is 78.0 Å². The Balaban J connectivity index is 2.18. The minimum Gasteiger partial charge on any atom is -0.271 e. The SMILES string of the molecule is CCCCCCCCCn1cc(S(N)(=O)=O)cn1. The van der Waals surface area contributed by atoms with Gasteiger partial charge < -0.3 is 0 Å². The third kappa shape index (κ3) is 5.64. The zero-order valence-corrected chi connectivity index (χ0v) is 11.8. The monoisotopic (exact) mass is 273 g/mol. The van der Waals surface area contributed by atoms with E-state index in [1.807, 2.05) is 0 Å². The summed E-state index contributed by atoms with van der Waals surface area (Å²) in [5, 5.41) is 9.00. The molecular weight excluding hydrogens is 250 g/mol. The maximum absolute atomic E-state index is 11.0. The van der Waals surface area contributed by atoms with Crippen molar-refractivity contribution in [1.82, 2.24) is 9.78 Å². The van der Waals surface area contributed by atoms with Gasteiger partial charge in [0.1, 0.15) is 4.90 Å². The van der Waals surface area contributed by atoms with Crippen LogP contribution in [0, 0.1) is 0 Å². The third-order valence-electron chi connectivity index (χ3n) is 2.93. The number of primary sulfonamides is 1. The lowest BCUT2D eigenvalue weighted by atomic mass is 10.1. The number of nitrogens with zero attached hydrogens (tertiary/aromatic N) is 2. The molecule has 0 fully saturated rings. The van der Waals surface area contributed by atoms with E-state index in [4.69, 9.17) is 5.14 Å². The lowest BCUT2D eigenvalue weighted by Gasteiger charge is -2.02. The molecule has 1 heterocycles. The summed E-state index contributed by atoms with van der Waals surface area (Å²) >= 11 is 0. The Hall–Kier alpha value is -0.880. The lowest BCUT2D eigenvalue weighted by molar-refractivity contribution is 0.522. The van der Waals surface area contributed by atoms with E-state index in [2.05, 4.69) is 12.0 Å². The van der Waals surface area contributed by atoms with Gasteiger partial charge in [0.25, 0.3) is 0 Å². The fourth-order valence-corrected chi connectivity index (χ4v) is 2.31. The van der Waals surface area contributed by atoms with Gasteiger partial charge in [0, 0.05) is 12.7 Å². The van der Waals surface area contributed by atoms with Crippen molar-refractivity contribution >= 4 is 10.0 Å². The van der Waals surface area contributed by atoms with Gasteiger partial charge in [0.15, 0.2) is 0 Å². The molecule has 0 atom stereocenters. The van der Waals surface area contributed by atoms with E-state index in [0.717, 1.165) is 19.4 Å². The van der Waals surface area contributed by atoms with Crippen molar-refractivity contribution in [2.75, 3.05) is 0 Å². The molecule has 0 unspecified atom stereocenters. The molecule has 1 rings (SSSR count). The van der Waals surface area contributed by atoms with Crippen molar-refractivity contribution in [3.8, 4) is 0 Å². The minimum atomic E-state index is -3.61. The highest BCUT2D eigenvalue weighted by Gasteiger charge is 2.09. The van der Waals surface area contributed by atoms with Gasteiger partial charge in [-0.15, -0.1) is 0 Å².